The van der Waals surface area contributed by atoms with Crippen LogP contribution in [0.4, 0.5) is 5.69 Å². The van der Waals surface area contributed by atoms with Crippen molar-refractivity contribution in [3.63, 3.8) is 0 Å². The Morgan fingerprint density at radius 1 is 1.24 bits per heavy atom. The van der Waals surface area contributed by atoms with Crippen molar-refractivity contribution in [3.05, 3.63) is 23.8 Å². The first-order chi connectivity index (χ1) is 8.19. The molecule has 17 heavy (non-hydrogen) atoms. The largest absolute Gasteiger partial charge is 0.488 e. The third kappa shape index (κ3) is 3.15. The average molecular weight is 233 g/mol. The molecule has 1 saturated carbocycles. The molecule has 0 radical (unpaired) electrons. The molecule has 1 aliphatic carbocycles. The molecule has 0 heterocycles. The predicted octanol–water partition coefficient (Wildman–Crippen LogP) is 3.79. The van der Waals surface area contributed by atoms with Crippen LogP contribution in [-0.2, 0) is 6.42 Å². The Bertz CT molecular complexity index is 367. The first-order valence-electron chi connectivity index (χ1n) is 6.74. The normalized spacial score (nSPS) is 24.6. The van der Waals surface area contributed by atoms with E-state index >= 15 is 0 Å². The summed E-state index contributed by atoms with van der Waals surface area (Å²) in [6.07, 6.45) is 6.26. The maximum absolute atomic E-state index is 6.02. The molecule has 0 spiro atoms. The van der Waals surface area contributed by atoms with Gasteiger partial charge in [-0.25, -0.2) is 0 Å². The summed E-state index contributed by atoms with van der Waals surface area (Å²) in [5, 5.41) is 0. The number of benzene rings is 1. The third-order valence-corrected chi connectivity index (χ3v) is 3.74. The van der Waals surface area contributed by atoms with Crippen LogP contribution in [0.2, 0.25) is 0 Å². The van der Waals surface area contributed by atoms with Crippen molar-refractivity contribution in [2.24, 2.45) is 5.92 Å². The fourth-order valence-corrected chi connectivity index (χ4v) is 2.45. The van der Waals surface area contributed by atoms with Crippen LogP contribution in [0.15, 0.2) is 18.2 Å². The molecular weight excluding hydrogens is 210 g/mol. The summed E-state index contributed by atoms with van der Waals surface area (Å²) in [6, 6.07) is 6.16. The highest BCUT2D eigenvalue weighted by molar-refractivity contribution is 5.54. The Kier molecular flexibility index (Phi) is 3.93. The van der Waals surface area contributed by atoms with Crippen LogP contribution in [0.25, 0.3) is 0 Å². The summed E-state index contributed by atoms with van der Waals surface area (Å²) in [6.45, 7) is 4.46. The highest BCUT2D eigenvalue weighted by Gasteiger charge is 2.20. The van der Waals surface area contributed by atoms with E-state index in [0.29, 0.717) is 6.10 Å². The summed E-state index contributed by atoms with van der Waals surface area (Å²) in [5.41, 5.74) is 8.07. The van der Waals surface area contributed by atoms with Gasteiger partial charge in [0, 0.05) is 0 Å². The van der Waals surface area contributed by atoms with Crippen LogP contribution >= 0.6 is 0 Å². The van der Waals surface area contributed by atoms with Crippen LogP contribution in [0.5, 0.6) is 5.75 Å². The van der Waals surface area contributed by atoms with Crippen LogP contribution in [-0.4, -0.2) is 6.10 Å². The second kappa shape index (κ2) is 5.44. The van der Waals surface area contributed by atoms with Crippen molar-refractivity contribution in [1.82, 2.24) is 0 Å². The lowest BCUT2D eigenvalue weighted by Gasteiger charge is -2.27. The zero-order valence-corrected chi connectivity index (χ0v) is 10.9. The van der Waals surface area contributed by atoms with E-state index in [1.54, 1.807) is 0 Å². The Morgan fingerprint density at radius 2 is 1.94 bits per heavy atom. The van der Waals surface area contributed by atoms with Crippen LogP contribution in [0.3, 0.4) is 0 Å². The molecule has 0 aromatic heterocycles. The topological polar surface area (TPSA) is 35.2 Å². The minimum atomic E-state index is 0.362. The van der Waals surface area contributed by atoms with Gasteiger partial charge in [0.15, 0.2) is 0 Å². The van der Waals surface area contributed by atoms with Crippen molar-refractivity contribution >= 4 is 5.69 Å². The van der Waals surface area contributed by atoms with E-state index < -0.39 is 0 Å². The van der Waals surface area contributed by atoms with Crippen molar-refractivity contribution in [2.75, 3.05) is 5.73 Å². The van der Waals surface area contributed by atoms with E-state index in [-0.39, 0.29) is 0 Å². The molecule has 1 aliphatic rings. The zero-order chi connectivity index (χ0) is 12.3. The lowest BCUT2D eigenvalue weighted by molar-refractivity contribution is 0.136. The molecule has 0 bridgehead atoms. The van der Waals surface area contributed by atoms with Crippen LogP contribution in [0.1, 0.15) is 45.1 Å². The lowest BCUT2D eigenvalue weighted by atomic mass is 9.89. The van der Waals surface area contributed by atoms with Gasteiger partial charge in [0.2, 0.25) is 0 Å². The molecule has 2 heteroatoms. The predicted molar refractivity (Wildman–Crippen MR) is 72.3 cm³/mol. The van der Waals surface area contributed by atoms with Crippen LogP contribution in [0, 0.1) is 5.92 Å². The Labute approximate surface area is 104 Å². The van der Waals surface area contributed by atoms with Gasteiger partial charge in [0.1, 0.15) is 5.75 Å². The molecule has 94 valence electrons. The molecule has 2 N–H and O–H groups in total. The molecule has 0 atom stereocenters. The highest BCUT2D eigenvalue weighted by atomic mass is 16.5. The van der Waals surface area contributed by atoms with E-state index in [0.717, 1.165) is 36.6 Å². The minimum absolute atomic E-state index is 0.362. The van der Waals surface area contributed by atoms with Crippen molar-refractivity contribution in [2.45, 2.75) is 52.1 Å². The number of nitrogens with two attached hydrogens (primary N) is 1. The minimum Gasteiger partial charge on any atom is -0.488 e. The van der Waals surface area contributed by atoms with Gasteiger partial charge in [-0.1, -0.05) is 19.9 Å². The molecule has 2 rings (SSSR count). The van der Waals surface area contributed by atoms with Gasteiger partial charge in [0.05, 0.1) is 11.8 Å². The summed E-state index contributed by atoms with van der Waals surface area (Å²) >= 11 is 0. The average Bonchev–Trinajstić information content (AvgIpc) is 2.34. The van der Waals surface area contributed by atoms with Crippen molar-refractivity contribution < 1.29 is 4.74 Å². The fourth-order valence-electron chi connectivity index (χ4n) is 2.45. The first-order valence-corrected chi connectivity index (χ1v) is 6.74. The Balaban J connectivity index is 1.99. The smallest absolute Gasteiger partial charge is 0.142 e. The van der Waals surface area contributed by atoms with Gasteiger partial charge >= 0.3 is 0 Å². The zero-order valence-electron chi connectivity index (χ0n) is 10.9. The van der Waals surface area contributed by atoms with E-state index in [9.17, 15) is 0 Å². The quantitative estimate of drug-likeness (QED) is 0.806. The number of aryl methyl sites for hydroxylation is 1. The number of rotatable bonds is 3. The number of hydrogen-bond donors (Lipinski definition) is 1. The monoisotopic (exact) mass is 233 g/mol. The lowest BCUT2D eigenvalue weighted by Crippen LogP contribution is -2.23. The third-order valence-electron chi connectivity index (χ3n) is 3.74. The number of anilines is 1. The molecule has 2 nitrogen and oxygen atoms in total. The standard InChI is InChI=1S/C15H23NO/c1-3-12-6-9-15(14(16)10-12)17-13-7-4-11(2)5-8-13/h6,9-11,13H,3-5,7-8,16H2,1-2H3. The molecule has 0 amide bonds. The number of hydrogen-bond acceptors (Lipinski definition) is 2. The molecule has 0 unspecified atom stereocenters. The van der Waals surface area contributed by atoms with E-state index in [2.05, 4.69) is 19.9 Å². The first kappa shape index (κ1) is 12.3. The van der Waals surface area contributed by atoms with Gasteiger partial charge in [-0.2, -0.15) is 0 Å². The van der Waals surface area contributed by atoms with E-state index in [1.807, 2.05) is 12.1 Å². The molecular formula is C15H23NO. The summed E-state index contributed by atoms with van der Waals surface area (Å²) < 4.78 is 6.01. The molecule has 1 aromatic carbocycles. The number of ether oxygens (including phenoxy) is 1. The van der Waals surface area contributed by atoms with Crippen LogP contribution < -0.4 is 10.5 Å². The molecule has 0 aliphatic heterocycles. The summed E-state index contributed by atoms with van der Waals surface area (Å²) in [5.74, 6) is 1.72. The van der Waals surface area contributed by atoms with Gasteiger partial charge in [-0.3, -0.25) is 0 Å². The van der Waals surface area contributed by atoms with Gasteiger partial charge in [-0.15, -0.1) is 0 Å². The Hall–Kier alpha value is -1.18. The molecule has 1 fully saturated rings. The molecule has 1 aromatic rings. The van der Waals surface area contributed by atoms with E-state index in [1.165, 1.54) is 18.4 Å². The SMILES string of the molecule is CCc1ccc(OC2CCC(C)CC2)c(N)c1. The second-order valence-electron chi connectivity index (χ2n) is 5.23. The van der Waals surface area contributed by atoms with Gasteiger partial charge in [0.25, 0.3) is 0 Å². The van der Waals surface area contributed by atoms with Crippen molar-refractivity contribution in [3.8, 4) is 5.75 Å². The summed E-state index contributed by atoms with van der Waals surface area (Å²) in [7, 11) is 0. The maximum Gasteiger partial charge on any atom is 0.142 e. The Morgan fingerprint density at radius 3 is 2.53 bits per heavy atom. The highest BCUT2D eigenvalue weighted by Crippen LogP contribution is 2.30. The second-order valence-corrected chi connectivity index (χ2v) is 5.23. The number of nitrogen functional groups attached to an aromatic ring is 1. The molecule has 0 saturated heterocycles. The van der Waals surface area contributed by atoms with Crippen molar-refractivity contribution in [1.29, 1.82) is 0 Å². The summed E-state index contributed by atoms with van der Waals surface area (Å²) in [4.78, 5) is 0. The maximum atomic E-state index is 6.02. The van der Waals surface area contributed by atoms with E-state index in [4.69, 9.17) is 10.5 Å². The fraction of sp³-hybridized carbons (Fsp3) is 0.600. The van der Waals surface area contributed by atoms with Gasteiger partial charge < -0.3 is 10.5 Å². The van der Waals surface area contributed by atoms with Gasteiger partial charge in [-0.05, 0) is 55.7 Å².